The summed E-state index contributed by atoms with van der Waals surface area (Å²) in [6.45, 7) is 1.47. The first-order valence-electron chi connectivity index (χ1n) is 4.31. The topological polar surface area (TPSA) is 106 Å². The van der Waals surface area contributed by atoms with Gasteiger partial charge in [0, 0.05) is 5.75 Å². The zero-order valence-corrected chi connectivity index (χ0v) is 9.97. The van der Waals surface area contributed by atoms with E-state index in [0.717, 1.165) is 0 Å². The summed E-state index contributed by atoms with van der Waals surface area (Å²) < 4.78 is 44.1. The SMILES string of the molecule is CCS(=O)(=O)CCCS(=O)(=O)CC(=O)O. The van der Waals surface area contributed by atoms with Crippen LogP contribution in [0.3, 0.4) is 0 Å². The van der Waals surface area contributed by atoms with Crippen molar-refractivity contribution in [2.45, 2.75) is 13.3 Å². The van der Waals surface area contributed by atoms with Crippen LogP contribution in [0, 0.1) is 0 Å². The van der Waals surface area contributed by atoms with Crippen LogP contribution in [0.15, 0.2) is 0 Å². The molecule has 0 aliphatic carbocycles. The second-order valence-electron chi connectivity index (χ2n) is 3.08. The minimum atomic E-state index is -3.68. The maximum Gasteiger partial charge on any atom is 0.318 e. The summed E-state index contributed by atoms with van der Waals surface area (Å²) in [5.41, 5.74) is 0. The molecule has 8 heteroatoms. The van der Waals surface area contributed by atoms with Crippen molar-refractivity contribution in [2.75, 3.05) is 23.0 Å². The molecule has 15 heavy (non-hydrogen) atoms. The predicted molar refractivity (Wildman–Crippen MR) is 55.2 cm³/mol. The lowest BCUT2D eigenvalue weighted by Gasteiger charge is -2.01. The number of carboxylic acid groups (broad SMARTS) is 1. The predicted octanol–water partition coefficient (Wildman–Crippen LogP) is -0.689. The van der Waals surface area contributed by atoms with Crippen molar-refractivity contribution in [3.05, 3.63) is 0 Å². The standard InChI is InChI=1S/C7H14O6S2/c1-2-14(10,11)4-3-5-15(12,13)6-7(8)9/h2-6H2,1H3,(H,8,9). The van der Waals surface area contributed by atoms with Gasteiger partial charge in [0.05, 0.1) is 11.5 Å². The van der Waals surface area contributed by atoms with E-state index in [1.807, 2.05) is 0 Å². The van der Waals surface area contributed by atoms with Crippen LogP contribution in [-0.2, 0) is 24.5 Å². The Balaban J connectivity index is 4.13. The second-order valence-corrected chi connectivity index (χ2v) is 7.73. The van der Waals surface area contributed by atoms with Gasteiger partial charge in [-0.25, -0.2) is 16.8 Å². The molecule has 1 N–H and O–H groups in total. The lowest BCUT2D eigenvalue weighted by molar-refractivity contribution is -0.134. The maximum atomic E-state index is 11.0. The highest BCUT2D eigenvalue weighted by Crippen LogP contribution is 1.99. The van der Waals surface area contributed by atoms with E-state index < -0.39 is 37.1 Å². The van der Waals surface area contributed by atoms with E-state index in [1.54, 1.807) is 0 Å². The minimum absolute atomic E-state index is 0.0357. The van der Waals surface area contributed by atoms with E-state index >= 15 is 0 Å². The lowest BCUT2D eigenvalue weighted by Crippen LogP contribution is -2.20. The highest BCUT2D eigenvalue weighted by atomic mass is 32.2. The van der Waals surface area contributed by atoms with Gasteiger partial charge in [-0.05, 0) is 6.42 Å². The van der Waals surface area contributed by atoms with Crippen LogP contribution in [0.1, 0.15) is 13.3 Å². The van der Waals surface area contributed by atoms with Crippen molar-refractivity contribution in [1.82, 2.24) is 0 Å². The molecule has 0 unspecified atom stereocenters. The Morgan fingerprint density at radius 2 is 1.53 bits per heavy atom. The van der Waals surface area contributed by atoms with Crippen molar-refractivity contribution in [1.29, 1.82) is 0 Å². The molecule has 0 aromatic rings. The van der Waals surface area contributed by atoms with Gasteiger partial charge in [0.2, 0.25) is 0 Å². The van der Waals surface area contributed by atoms with Crippen LogP contribution in [0.4, 0.5) is 0 Å². The van der Waals surface area contributed by atoms with Crippen LogP contribution < -0.4 is 0 Å². The van der Waals surface area contributed by atoms with Crippen LogP contribution in [0.25, 0.3) is 0 Å². The van der Waals surface area contributed by atoms with E-state index in [2.05, 4.69) is 0 Å². The van der Waals surface area contributed by atoms with E-state index in [9.17, 15) is 21.6 Å². The average molecular weight is 258 g/mol. The third-order valence-electron chi connectivity index (χ3n) is 1.69. The Hall–Kier alpha value is -0.630. The average Bonchev–Trinajstić information content (AvgIpc) is 2.00. The molecule has 0 bridgehead atoms. The van der Waals surface area contributed by atoms with Gasteiger partial charge >= 0.3 is 5.97 Å². The third kappa shape index (κ3) is 7.32. The first kappa shape index (κ1) is 14.4. The van der Waals surface area contributed by atoms with Crippen LogP contribution in [0.5, 0.6) is 0 Å². The maximum absolute atomic E-state index is 11.0. The smallest absolute Gasteiger partial charge is 0.318 e. The van der Waals surface area contributed by atoms with Gasteiger partial charge in [0.25, 0.3) is 0 Å². The Bertz CT molecular complexity index is 405. The molecule has 0 amide bonds. The molecular formula is C7H14O6S2. The molecule has 0 aromatic carbocycles. The molecule has 0 aromatic heterocycles. The van der Waals surface area contributed by atoms with Gasteiger partial charge in [0.15, 0.2) is 9.84 Å². The number of hydrogen-bond donors (Lipinski definition) is 1. The molecule has 0 fully saturated rings. The minimum Gasteiger partial charge on any atom is -0.480 e. The van der Waals surface area contributed by atoms with Gasteiger partial charge in [-0.1, -0.05) is 6.92 Å². The van der Waals surface area contributed by atoms with Gasteiger partial charge in [-0.15, -0.1) is 0 Å². The van der Waals surface area contributed by atoms with Crippen molar-refractivity contribution < 1.29 is 26.7 Å². The zero-order chi connectivity index (χ0) is 12.1. The molecule has 0 heterocycles. The van der Waals surface area contributed by atoms with E-state index in [0.29, 0.717) is 0 Å². The number of hydrogen-bond acceptors (Lipinski definition) is 5. The van der Waals surface area contributed by atoms with E-state index in [4.69, 9.17) is 5.11 Å². The highest BCUT2D eigenvalue weighted by Gasteiger charge is 2.17. The largest absolute Gasteiger partial charge is 0.480 e. The molecule has 0 saturated heterocycles. The van der Waals surface area contributed by atoms with Gasteiger partial charge in [-0.2, -0.15) is 0 Å². The molecule has 0 aliphatic rings. The van der Waals surface area contributed by atoms with Crippen LogP contribution >= 0.6 is 0 Å². The Morgan fingerprint density at radius 3 is 1.93 bits per heavy atom. The number of rotatable bonds is 7. The summed E-state index contributed by atoms with van der Waals surface area (Å²) in [4.78, 5) is 10.1. The van der Waals surface area contributed by atoms with Crippen molar-refractivity contribution in [3.8, 4) is 0 Å². The lowest BCUT2D eigenvalue weighted by atomic mass is 10.6. The highest BCUT2D eigenvalue weighted by molar-refractivity contribution is 7.92. The zero-order valence-electron chi connectivity index (χ0n) is 8.34. The second kappa shape index (κ2) is 5.45. The summed E-state index contributed by atoms with van der Waals surface area (Å²) in [6.07, 6.45) is -0.0498. The van der Waals surface area contributed by atoms with Gasteiger partial charge in [0.1, 0.15) is 15.6 Å². The molecule has 0 radical (unpaired) electrons. The van der Waals surface area contributed by atoms with Gasteiger partial charge < -0.3 is 5.11 Å². The van der Waals surface area contributed by atoms with E-state index in [-0.39, 0.29) is 17.9 Å². The number of sulfone groups is 2. The Morgan fingerprint density at radius 1 is 1.07 bits per heavy atom. The summed E-state index contributed by atoms with van der Waals surface area (Å²) in [5.74, 6) is -3.03. The third-order valence-corrected chi connectivity index (χ3v) is 5.08. The Labute approximate surface area is 89.1 Å². The monoisotopic (exact) mass is 258 g/mol. The van der Waals surface area contributed by atoms with Crippen LogP contribution in [0.2, 0.25) is 0 Å². The number of carboxylic acids is 1. The number of carbonyl (C=O) groups is 1. The first-order valence-corrected chi connectivity index (χ1v) is 7.95. The fraction of sp³-hybridized carbons (Fsp3) is 0.857. The first-order chi connectivity index (χ1) is 6.68. The van der Waals surface area contributed by atoms with E-state index in [1.165, 1.54) is 6.92 Å². The van der Waals surface area contributed by atoms with Crippen molar-refractivity contribution >= 4 is 25.6 Å². The molecule has 0 rings (SSSR count). The molecule has 6 nitrogen and oxygen atoms in total. The van der Waals surface area contributed by atoms with Crippen molar-refractivity contribution in [3.63, 3.8) is 0 Å². The molecular weight excluding hydrogens is 244 g/mol. The molecule has 0 spiro atoms. The fourth-order valence-corrected chi connectivity index (χ4v) is 3.06. The summed E-state index contributed by atoms with van der Waals surface area (Å²) in [6, 6.07) is 0. The van der Waals surface area contributed by atoms with Crippen molar-refractivity contribution in [2.24, 2.45) is 0 Å². The normalized spacial score (nSPS) is 12.6. The summed E-state index contributed by atoms with van der Waals surface area (Å²) in [5, 5.41) is 8.26. The molecule has 0 aliphatic heterocycles. The number of aliphatic carboxylic acids is 1. The van der Waals surface area contributed by atoms with Gasteiger partial charge in [-0.3, -0.25) is 4.79 Å². The molecule has 90 valence electrons. The van der Waals surface area contributed by atoms with Crippen LogP contribution in [-0.4, -0.2) is 50.9 Å². The fourth-order valence-electron chi connectivity index (χ4n) is 0.903. The summed E-state index contributed by atoms with van der Waals surface area (Å²) >= 11 is 0. The quantitative estimate of drug-likeness (QED) is 0.648. The Kier molecular flexibility index (Phi) is 5.22. The summed E-state index contributed by atoms with van der Waals surface area (Å²) in [7, 11) is -6.86. The molecule has 0 atom stereocenters. The molecule has 0 saturated carbocycles.